The van der Waals surface area contributed by atoms with Crippen LogP contribution < -0.4 is 10.1 Å². The van der Waals surface area contributed by atoms with Crippen molar-refractivity contribution in [2.45, 2.75) is 20.4 Å². The molecule has 1 heterocycles. The summed E-state index contributed by atoms with van der Waals surface area (Å²) in [5.74, 6) is 0.589. The highest BCUT2D eigenvalue weighted by Gasteiger charge is 2.08. The number of hydrogen-bond acceptors (Lipinski definition) is 4. The number of nitrogens with one attached hydrogen (secondary N) is 1. The largest absolute Gasteiger partial charge is 0.483 e. The van der Waals surface area contributed by atoms with E-state index >= 15 is 0 Å². The maximum absolute atomic E-state index is 12.0. The van der Waals surface area contributed by atoms with Crippen LogP contribution in [0.4, 0.5) is 0 Å². The minimum absolute atomic E-state index is 0.00480. The van der Waals surface area contributed by atoms with E-state index in [1.807, 2.05) is 56.3 Å². The van der Waals surface area contributed by atoms with Crippen LogP contribution in [-0.4, -0.2) is 17.5 Å². The van der Waals surface area contributed by atoms with Crippen molar-refractivity contribution in [2.24, 2.45) is 0 Å². The molecule has 1 aromatic heterocycles. The van der Waals surface area contributed by atoms with E-state index in [-0.39, 0.29) is 12.5 Å². The van der Waals surface area contributed by atoms with Gasteiger partial charge in [-0.05, 0) is 25.3 Å². The van der Waals surface area contributed by atoms with Gasteiger partial charge >= 0.3 is 0 Å². The number of aryl methyl sites for hydroxylation is 2. The second-order valence-corrected chi connectivity index (χ2v) is 6.57. The lowest BCUT2D eigenvalue weighted by atomic mass is 10.1. The molecule has 1 N–H and O–H groups in total. The predicted molar refractivity (Wildman–Crippen MR) is 92.9 cm³/mol. The van der Waals surface area contributed by atoms with Crippen LogP contribution in [0.15, 0.2) is 42.5 Å². The lowest BCUT2D eigenvalue weighted by Gasteiger charge is -2.09. The number of hydrogen-bond donors (Lipinski definition) is 1. The van der Waals surface area contributed by atoms with Crippen molar-refractivity contribution < 1.29 is 9.53 Å². The molecule has 0 unspecified atom stereocenters. The summed E-state index contributed by atoms with van der Waals surface area (Å²) in [4.78, 5) is 17.4. The molecule has 0 bridgehead atoms. The molecular formula is C18H18N2O2S. The fourth-order valence-electron chi connectivity index (χ4n) is 2.43. The maximum Gasteiger partial charge on any atom is 0.258 e. The molecule has 0 aliphatic carbocycles. The number of ether oxygens (including phenoxy) is 1. The van der Waals surface area contributed by atoms with E-state index in [1.165, 1.54) is 0 Å². The molecule has 3 aromatic rings. The Labute approximate surface area is 139 Å². The summed E-state index contributed by atoms with van der Waals surface area (Å²) in [6.45, 7) is 4.42. The zero-order chi connectivity index (χ0) is 16.2. The number of carbonyl (C=O) groups excluding carboxylic acids is 1. The number of fused-ring (bicyclic) bond motifs is 1. The van der Waals surface area contributed by atoms with E-state index < -0.39 is 0 Å². The Morgan fingerprint density at radius 3 is 2.74 bits per heavy atom. The monoisotopic (exact) mass is 326 g/mol. The van der Waals surface area contributed by atoms with Crippen LogP contribution in [0.3, 0.4) is 0 Å². The van der Waals surface area contributed by atoms with Gasteiger partial charge in [0.1, 0.15) is 5.75 Å². The number of aromatic nitrogens is 1. The SMILES string of the molecule is Cc1nc(C)c(CNC(=O)COc2cccc3ccccc23)s1. The second kappa shape index (κ2) is 6.79. The summed E-state index contributed by atoms with van der Waals surface area (Å²) in [5, 5.41) is 6.00. The maximum atomic E-state index is 12.0. The summed E-state index contributed by atoms with van der Waals surface area (Å²) < 4.78 is 5.68. The van der Waals surface area contributed by atoms with Gasteiger partial charge in [-0.15, -0.1) is 11.3 Å². The molecule has 0 spiro atoms. The van der Waals surface area contributed by atoms with Crippen LogP contribution in [0.1, 0.15) is 15.6 Å². The Morgan fingerprint density at radius 1 is 1.17 bits per heavy atom. The molecule has 0 saturated heterocycles. The zero-order valence-corrected chi connectivity index (χ0v) is 13.9. The molecule has 3 rings (SSSR count). The van der Waals surface area contributed by atoms with Crippen molar-refractivity contribution in [3.8, 4) is 5.75 Å². The van der Waals surface area contributed by atoms with Crippen LogP contribution in [0.5, 0.6) is 5.75 Å². The third kappa shape index (κ3) is 3.68. The molecule has 0 radical (unpaired) electrons. The average Bonchev–Trinajstić information content (AvgIpc) is 2.88. The molecule has 0 aliphatic rings. The van der Waals surface area contributed by atoms with Crippen molar-refractivity contribution in [3.05, 3.63) is 58.0 Å². The van der Waals surface area contributed by atoms with E-state index in [4.69, 9.17) is 4.74 Å². The minimum Gasteiger partial charge on any atom is -0.483 e. The van der Waals surface area contributed by atoms with Crippen molar-refractivity contribution in [1.82, 2.24) is 10.3 Å². The standard InChI is InChI=1S/C18H18N2O2S/c1-12-17(23-13(2)20-12)10-19-18(21)11-22-16-9-5-7-14-6-3-4-8-15(14)16/h3-9H,10-11H2,1-2H3,(H,19,21). The van der Waals surface area contributed by atoms with Gasteiger partial charge in [0, 0.05) is 10.3 Å². The molecule has 2 aromatic carbocycles. The van der Waals surface area contributed by atoms with Gasteiger partial charge in [0.25, 0.3) is 5.91 Å². The third-order valence-corrected chi connectivity index (χ3v) is 4.63. The topological polar surface area (TPSA) is 51.2 Å². The van der Waals surface area contributed by atoms with Crippen LogP contribution in [0.25, 0.3) is 10.8 Å². The highest BCUT2D eigenvalue weighted by Crippen LogP contribution is 2.25. The van der Waals surface area contributed by atoms with E-state index in [2.05, 4.69) is 10.3 Å². The van der Waals surface area contributed by atoms with Gasteiger partial charge in [0.2, 0.25) is 0 Å². The number of rotatable bonds is 5. The Bertz CT molecular complexity index is 837. The van der Waals surface area contributed by atoms with Crippen molar-refractivity contribution in [2.75, 3.05) is 6.61 Å². The summed E-state index contributed by atoms with van der Waals surface area (Å²) in [5.41, 5.74) is 0.975. The molecule has 0 fully saturated rings. The Morgan fingerprint density at radius 2 is 1.96 bits per heavy atom. The summed E-state index contributed by atoms with van der Waals surface area (Å²) in [6, 6.07) is 13.8. The first-order chi connectivity index (χ1) is 11.1. The smallest absolute Gasteiger partial charge is 0.258 e. The molecule has 0 aliphatic heterocycles. The third-order valence-electron chi connectivity index (χ3n) is 3.55. The second-order valence-electron chi connectivity index (χ2n) is 5.28. The summed E-state index contributed by atoms with van der Waals surface area (Å²) in [6.07, 6.45) is 0. The van der Waals surface area contributed by atoms with Crippen LogP contribution >= 0.6 is 11.3 Å². The van der Waals surface area contributed by atoms with E-state index in [9.17, 15) is 4.79 Å². The highest BCUT2D eigenvalue weighted by molar-refractivity contribution is 7.11. The normalized spacial score (nSPS) is 10.7. The number of benzene rings is 2. The Kier molecular flexibility index (Phi) is 4.57. The molecule has 5 heteroatoms. The number of amides is 1. The predicted octanol–water partition coefficient (Wildman–Crippen LogP) is 3.61. The molecule has 1 amide bonds. The molecule has 118 valence electrons. The Balaban J connectivity index is 1.59. The molecule has 0 saturated carbocycles. The van der Waals surface area contributed by atoms with Gasteiger partial charge in [-0.3, -0.25) is 4.79 Å². The van der Waals surface area contributed by atoms with Gasteiger partial charge in [0.15, 0.2) is 6.61 Å². The lowest BCUT2D eigenvalue weighted by Crippen LogP contribution is -2.28. The molecule has 0 atom stereocenters. The fourth-order valence-corrected chi connectivity index (χ4v) is 3.31. The lowest BCUT2D eigenvalue weighted by molar-refractivity contribution is -0.123. The minimum atomic E-state index is -0.136. The highest BCUT2D eigenvalue weighted by atomic mass is 32.1. The van der Waals surface area contributed by atoms with Crippen LogP contribution in [0.2, 0.25) is 0 Å². The molecular weight excluding hydrogens is 308 g/mol. The number of thiazole rings is 1. The first-order valence-electron chi connectivity index (χ1n) is 7.43. The average molecular weight is 326 g/mol. The fraction of sp³-hybridized carbons (Fsp3) is 0.222. The molecule has 23 heavy (non-hydrogen) atoms. The van der Waals surface area contributed by atoms with Crippen molar-refractivity contribution >= 4 is 28.0 Å². The van der Waals surface area contributed by atoms with Gasteiger partial charge < -0.3 is 10.1 Å². The quantitative estimate of drug-likeness (QED) is 0.779. The van der Waals surface area contributed by atoms with Gasteiger partial charge in [0.05, 0.1) is 17.2 Å². The van der Waals surface area contributed by atoms with Gasteiger partial charge in [-0.25, -0.2) is 4.98 Å². The van der Waals surface area contributed by atoms with Crippen molar-refractivity contribution in [3.63, 3.8) is 0 Å². The van der Waals surface area contributed by atoms with E-state index in [1.54, 1.807) is 11.3 Å². The van der Waals surface area contributed by atoms with E-state index in [0.717, 1.165) is 32.1 Å². The summed E-state index contributed by atoms with van der Waals surface area (Å²) in [7, 11) is 0. The van der Waals surface area contributed by atoms with Crippen LogP contribution in [-0.2, 0) is 11.3 Å². The first-order valence-corrected chi connectivity index (χ1v) is 8.25. The zero-order valence-electron chi connectivity index (χ0n) is 13.1. The molecule has 4 nitrogen and oxygen atoms in total. The number of nitrogens with zero attached hydrogens (tertiary/aromatic N) is 1. The van der Waals surface area contributed by atoms with E-state index in [0.29, 0.717) is 6.54 Å². The van der Waals surface area contributed by atoms with Crippen LogP contribution in [0, 0.1) is 13.8 Å². The number of carbonyl (C=O) groups is 1. The summed E-state index contributed by atoms with van der Waals surface area (Å²) >= 11 is 1.61. The Hall–Kier alpha value is -2.40. The first kappa shape index (κ1) is 15.5. The van der Waals surface area contributed by atoms with Gasteiger partial charge in [-0.1, -0.05) is 36.4 Å². The van der Waals surface area contributed by atoms with Gasteiger partial charge in [-0.2, -0.15) is 0 Å². The van der Waals surface area contributed by atoms with Crippen molar-refractivity contribution in [1.29, 1.82) is 0 Å².